The lowest BCUT2D eigenvalue weighted by Gasteiger charge is -2.21. The molecular weight excluding hydrogens is 262 g/mol. The molecule has 1 N–H and O–H groups in total. The van der Waals surface area contributed by atoms with E-state index in [-0.39, 0.29) is 11.9 Å². The monoisotopic (exact) mass is 277 g/mol. The summed E-state index contributed by atoms with van der Waals surface area (Å²) in [5.74, 6) is 0.0240. The number of nitriles is 1. The molecule has 1 aliphatic rings. The van der Waals surface area contributed by atoms with E-state index < -0.39 is 0 Å². The molecule has 0 aromatic heterocycles. The molecule has 0 saturated heterocycles. The lowest BCUT2D eigenvalue weighted by molar-refractivity contribution is -0.118. The fourth-order valence-electron chi connectivity index (χ4n) is 2.57. The summed E-state index contributed by atoms with van der Waals surface area (Å²) in [5, 5.41) is 12.1. The molecule has 0 fully saturated rings. The quantitative estimate of drug-likeness (QED) is 0.917. The average molecular weight is 277 g/mol. The minimum atomic E-state index is -0.233. The zero-order valence-electron chi connectivity index (χ0n) is 11.7. The molecule has 1 amide bonds. The van der Waals surface area contributed by atoms with E-state index in [2.05, 4.69) is 11.4 Å². The van der Waals surface area contributed by atoms with Gasteiger partial charge in [0.05, 0.1) is 11.6 Å². The van der Waals surface area contributed by atoms with E-state index in [9.17, 15) is 4.79 Å². The van der Waals surface area contributed by atoms with Crippen LogP contribution in [0.15, 0.2) is 48.5 Å². The van der Waals surface area contributed by atoms with E-state index in [0.29, 0.717) is 12.0 Å². The van der Waals surface area contributed by atoms with Crippen molar-refractivity contribution in [2.45, 2.75) is 12.5 Å². The van der Waals surface area contributed by atoms with Gasteiger partial charge in [0.2, 0.25) is 5.91 Å². The summed E-state index contributed by atoms with van der Waals surface area (Å²) in [5.41, 5.74) is 3.58. The van der Waals surface area contributed by atoms with Crippen LogP contribution in [0, 0.1) is 11.3 Å². The summed E-state index contributed by atoms with van der Waals surface area (Å²) in [7, 11) is 1.76. The van der Waals surface area contributed by atoms with Crippen molar-refractivity contribution < 1.29 is 4.79 Å². The first kappa shape index (κ1) is 13.2. The van der Waals surface area contributed by atoms with Crippen LogP contribution in [0.5, 0.6) is 0 Å². The largest absolute Gasteiger partial charge is 0.373 e. The van der Waals surface area contributed by atoms with Crippen LogP contribution in [0.3, 0.4) is 0 Å². The number of para-hydroxylation sites is 1. The standard InChI is InChI=1S/C17H15N3O/c1-20(14-8-6-12(11-18)7-9-14)17(21)16-10-13-4-2-3-5-15(13)19-16/h2-9,16,19H,10H2,1H3/t16-/m0/s1. The van der Waals surface area contributed by atoms with Gasteiger partial charge in [-0.25, -0.2) is 0 Å². The molecule has 0 bridgehead atoms. The van der Waals surface area contributed by atoms with Crippen LogP contribution in [0.4, 0.5) is 11.4 Å². The first-order chi connectivity index (χ1) is 10.2. The number of nitrogens with zero attached hydrogens (tertiary/aromatic N) is 2. The molecule has 1 atom stereocenters. The van der Waals surface area contributed by atoms with E-state index in [1.165, 1.54) is 5.56 Å². The van der Waals surface area contributed by atoms with Gasteiger partial charge in [-0.3, -0.25) is 4.79 Å². The number of rotatable bonds is 2. The third kappa shape index (κ3) is 2.46. The molecule has 4 nitrogen and oxygen atoms in total. The Bertz CT molecular complexity index is 691. The molecule has 104 valence electrons. The van der Waals surface area contributed by atoms with E-state index in [1.807, 2.05) is 24.3 Å². The Labute approximate surface area is 123 Å². The highest BCUT2D eigenvalue weighted by Gasteiger charge is 2.29. The number of amides is 1. The highest BCUT2D eigenvalue weighted by Crippen LogP contribution is 2.27. The van der Waals surface area contributed by atoms with Crippen LogP contribution >= 0.6 is 0 Å². The number of hydrogen-bond acceptors (Lipinski definition) is 3. The van der Waals surface area contributed by atoms with Crippen LogP contribution in [-0.2, 0) is 11.2 Å². The number of likely N-dealkylation sites (N-methyl/N-ethyl adjacent to an activating group) is 1. The highest BCUT2D eigenvalue weighted by atomic mass is 16.2. The summed E-state index contributed by atoms with van der Waals surface area (Å²) < 4.78 is 0. The van der Waals surface area contributed by atoms with E-state index in [4.69, 9.17) is 5.26 Å². The number of nitrogens with one attached hydrogen (secondary N) is 1. The maximum Gasteiger partial charge on any atom is 0.249 e. The van der Waals surface area contributed by atoms with Crippen LogP contribution in [0.25, 0.3) is 0 Å². The summed E-state index contributed by atoms with van der Waals surface area (Å²) in [4.78, 5) is 14.2. The van der Waals surface area contributed by atoms with Crippen LogP contribution in [0.2, 0.25) is 0 Å². The van der Waals surface area contributed by atoms with Gasteiger partial charge in [0, 0.05) is 24.8 Å². The van der Waals surface area contributed by atoms with Gasteiger partial charge in [-0.1, -0.05) is 18.2 Å². The molecule has 0 saturated carbocycles. The lowest BCUT2D eigenvalue weighted by atomic mass is 10.1. The summed E-state index contributed by atoms with van der Waals surface area (Å²) in [6, 6.07) is 16.8. The topological polar surface area (TPSA) is 56.1 Å². The molecule has 3 rings (SSSR count). The van der Waals surface area contributed by atoms with Crippen molar-refractivity contribution in [3.63, 3.8) is 0 Å². The van der Waals surface area contributed by atoms with Crippen molar-refractivity contribution in [3.8, 4) is 6.07 Å². The van der Waals surface area contributed by atoms with E-state index >= 15 is 0 Å². The molecular formula is C17H15N3O. The Morgan fingerprint density at radius 3 is 2.62 bits per heavy atom. The number of fused-ring (bicyclic) bond motifs is 1. The van der Waals surface area contributed by atoms with Crippen molar-refractivity contribution in [3.05, 3.63) is 59.7 Å². The zero-order chi connectivity index (χ0) is 14.8. The number of hydrogen-bond donors (Lipinski definition) is 1. The number of anilines is 2. The second-order valence-electron chi connectivity index (χ2n) is 5.11. The third-order valence-corrected chi connectivity index (χ3v) is 3.78. The second-order valence-corrected chi connectivity index (χ2v) is 5.11. The smallest absolute Gasteiger partial charge is 0.249 e. The van der Waals surface area contributed by atoms with Gasteiger partial charge in [0.25, 0.3) is 0 Å². The predicted molar refractivity (Wildman–Crippen MR) is 82.1 cm³/mol. The number of carbonyl (C=O) groups excluding carboxylic acids is 1. The van der Waals surface area contributed by atoms with Gasteiger partial charge in [0.1, 0.15) is 6.04 Å². The van der Waals surface area contributed by atoms with Crippen molar-refractivity contribution >= 4 is 17.3 Å². The minimum Gasteiger partial charge on any atom is -0.373 e. The van der Waals surface area contributed by atoms with Gasteiger partial charge in [0.15, 0.2) is 0 Å². The van der Waals surface area contributed by atoms with Crippen LogP contribution in [0.1, 0.15) is 11.1 Å². The SMILES string of the molecule is CN(C(=O)[C@@H]1Cc2ccccc2N1)c1ccc(C#N)cc1. The summed E-state index contributed by atoms with van der Waals surface area (Å²) in [6.07, 6.45) is 0.704. The van der Waals surface area contributed by atoms with E-state index in [1.54, 1.807) is 36.2 Å². The van der Waals surface area contributed by atoms with Gasteiger partial charge < -0.3 is 10.2 Å². The Morgan fingerprint density at radius 1 is 1.24 bits per heavy atom. The second kappa shape index (κ2) is 5.29. The van der Waals surface area contributed by atoms with Crippen LogP contribution < -0.4 is 10.2 Å². The maximum absolute atomic E-state index is 12.6. The molecule has 0 unspecified atom stereocenters. The van der Waals surface area contributed by atoms with E-state index in [0.717, 1.165) is 11.4 Å². The highest BCUT2D eigenvalue weighted by molar-refractivity contribution is 5.99. The van der Waals surface area contributed by atoms with Gasteiger partial charge >= 0.3 is 0 Å². The first-order valence-corrected chi connectivity index (χ1v) is 6.81. The fraction of sp³-hybridized carbons (Fsp3) is 0.176. The molecule has 21 heavy (non-hydrogen) atoms. The van der Waals surface area contributed by atoms with Gasteiger partial charge in [-0.15, -0.1) is 0 Å². The Morgan fingerprint density at radius 2 is 1.95 bits per heavy atom. The van der Waals surface area contributed by atoms with Crippen molar-refractivity contribution in [2.75, 3.05) is 17.3 Å². The van der Waals surface area contributed by atoms with Gasteiger partial charge in [-0.05, 0) is 35.9 Å². The molecule has 2 aromatic rings. The Hall–Kier alpha value is -2.80. The summed E-state index contributed by atoms with van der Waals surface area (Å²) >= 11 is 0. The first-order valence-electron chi connectivity index (χ1n) is 6.81. The number of benzene rings is 2. The molecule has 0 spiro atoms. The minimum absolute atomic E-state index is 0.0240. The van der Waals surface area contributed by atoms with Crippen LogP contribution in [-0.4, -0.2) is 19.0 Å². The Kier molecular flexibility index (Phi) is 3.33. The van der Waals surface area contributed by atoms with Crippen molar-refractivity contribution in [1.29, 1.82) is 5.26 Å². The lowest BCUT2D eigenvalue weighted by Crippen LogP contribution is -2.39. The normalized spacial score (nSPS) is 15.7. The zero-order valence-corrected chi connectivity index (χ0v) is 11.7. The average Bonchev–Trinajstić information content (AvgIpc) is 2.97. The Balaban J connectivity index is 1.75. The maximum atomic E-state index is 12.6. The van der Waals surface area contributed by atoms with Gasteiger partial charge in [-0.2, -0.15) is 5.26 Å². The molecule has 4 heteroatoms. The van der Waals surface area contributed by atoms with Crippen molar-refractivity contribution in [2.24, 2.45) is 0 Å². The molecule has 0 radical (unpaired) electrons. The predicted octanol–water partition coefficient (Wildman–Crippen LogP) is 2.56. The summed E-state index contributed by atoms with van der Waals surface area (Å²) in [6.45, 7) is 0. The third-order valence-electron chi connectivity index (χ3n) is 3.78. The molecule has 0 aliphatic carbocycles. The molecule has 1 heterocycles. The fourth-order valence-corrected chi connectivity index (χ4v) is 2.57. The molecule has 1 aliphatic heterocycles. The number of carbonyl (C=O) groups is 1. The molecule has 2 aromatic carbocycles. The van der Waals surface area contributed by atoms with Crippen molar-refractivity contribution in [1.82, 2.24) is 0 Å².